The quantitative estimate of drug-likeness (QED) is 0.623. The molecule has 142 valence electrons. The fourth-order valence-corrected chi connectivity index (χ4v) is 5.55. The van der Waals surface area contributed by atoms with Crippen molar-refractivity contribution in [2.45, 2.75) is 91.0 Å². The molecule has 3 aliphatic rings. The van der Waals surface area contributed by atoms with E-state index >= 15 is 0 Å². The minimum Gasteiger partial charge on any atom is -0.350 e. The summed E-state index contributed by atoms with van der Waals surface area (Å²) >= 11 is 0. The smallest absolute Gasteiger partial charge is 0.0884 e. The first-order chi connectivity index (χ1) is 12.7. The highest BCUT2D eigenvalue weighted by molar-refractivity contribution is 5.57. The van der Waals surface area contributed by atoms with Gasteiger partial charge >= 0.3 is 0 Å². The van der Waals surface area contributed by atoms with Crippen LogP contribution >= 0.6 is 0 Å². The number of anilines is 1. The van der Waals surface area contributed by atoms with Crippen molar-refractivity contribution in [1.29, 1.82) is 0 Å². The minimum absolute atomic E-state index is 0.0677. The van der Waals surface area contributed by atoms with E-state index in [1.807, 2.05) is 0 Å². The fraction of sp³-hybridized carbons (Fsp3) is 0.667. The lowest BCUT2D eigenvalue weighted by molar-refractivity contribution is 0.0710. The third-order valence-corrected chi connectivity index (χ3v) is 6.74. The molecule has 4 rings (SSSR count). The molecule has 1 aromatic rings. The molecule has 0 bridgehead atoms. The van der Waals surface area contributed by atoms with Gasteiger partial charge in [0.15, 0.2) is 0 Å². The Morgan fingerprint density at radius 3 is 2.38 bits per heavy atom. The summed E-state index contributed by atoms with van der Waals surface area (Å²) in [6.07, 6.45) is 11.1. The minimum atomic E-state index is -0.561. The van der Waals surface area contributed by atoms with E-state index in [0.29, 0.717) is 18.0 Å². The van der Waals surface area contributed by atoms with Gasteiger partial charge < -0.3 is 4.90 Å². The van der Waals surface area contributed by atoms with Crippen LogP contribution in [-0.2, 0) is 0 Å². The first-order valence-electron chi connectivity index (χ1n) is 11.1. The van der Waals surface area contributed by atoms with Crippen LogP contribution in [0.3, 0.4) is 0 Å². The van der Waals surface area contributed by atoms with Crippen LogP contribution in [-0.4, -0.2) is 29.2 Å². The summed E-state index contributed by atoms with van der Waals surface area (Å²) in [5.74, 6) is 0.460. The summed E-state index contributed by atoms with van der Waals surface area (Å²) in [6, 6.07) is 8.91. The van der Waals surface area contributed by atoms with E-state index in [1.54, 1.807) is 0 Å². The Labute approximate surface area is 161 Å². The van der Waals surface area contributed by atoms with Gasteiger partial charge in [-0.3, -0.25) is 4.90 Å². The van der Waals surface area contributed by atoms with Crippen molar-refractivity contribution in [2.75, 3.05) is 4.90 Å². The van der Waals surface area contributed by atoms with Crippen LogP contribution in [0.2, 0.25) is 0 Å². The second-order valence-corrected chi connectivity index (χ2v) is 9.69. The molecule has 4 atom stereocenters. The van der Waals surface area contributed by atoms with Crippen LogP contribution in [0.15, 0.2) is 36.4 Å². The molecular formula is C24H36N2. The van der Waals surface area contributed by atoms with Gasteiger partial charge in [0.2, 0.25) is 0 Å². The predicted molar refractivity (Wildman–Crippen MR) is 111 cm³/mol. The largest absolute Gasteiger partial charge is 0.350 e. The predicted octanol–water partition coefficient (Wildman–Crippen LogP) is 5.77. The van der Waals surface area contributed by atoms with E-state index in [9.17, 15) is 1.37 Å². The lowest BCUT2D eigenvalue weighted by Gasteiger charge is -2.45. The maximum Gasteiger partial charge on any atom is 0.0884 e. The Bertz CT molecular complexity index is 715. The maximum atomic E-state index is 9.62. The average molecular weight is 354 g/mol. The molecule has 1 aromatic carbocycles. The Balaban J connectivity index is 1.79. The molecule has 1 saturated carbocycles. The second-order valence-electron chi connectivity index (χ2n) is 9.69. The highest BCUT2D eigenvalue weighted by Crippen LogP contribution is 2.47. The third-order valence-electron chi connectivity index (χ3n) is 6.74. The molecule has 0 spiro atoms. The molecule has 2 heteroatoms. The number of rotatable bonds is 2. The van der Waals surface area contributed by atoms with Gasteiger partial charge in [0.05, 0.1) is 13.6 Å². The zero-order valence-corrected chi connectivity index (χ0v) is 17.2. The zero-order chi connectivity index (χ0) is 19.4. The average Bonchev–Trinajstić information content (AvgIpc) is 3.13. The summed E-state index contributed by atoms with van der Waals surface area (Å²) in [5.41, 5.74) is 2.73. The normalized spacial score (nSPS) is 36.4. The molecule has 1 aliphatic carbocycles. The molecule has 0 radical (unpaired) electrons. The van der Waals surface area contributed by atoms with Crippen molar-refractivity contribution in [3.05, 3.63) is 42.0 Å². The van der Waals surface area contributed by atoms with E-state index in [0.717, 1.165) is 0 Å². The van der Waals surface area contributed by atoms with Crippen LogP contribution < -0.4 is 4.90 Å². The number of benzene rings is 1. The molecule has 1 saturated heterocycles. The van der Waals surface area contributed by atoms with E-state index in [2.05, 4.69) is 80.8 Å². The highest BCUT2D eigenvalue weighted by Gasteiger charge is 2.54. The van der Waals surface area contributed by atoms with Gasteiger partial charge in [-0.05, 0) is 49.7 Å². The van der Waals surface area contributed by atoms with Gasteiger partial charge in [-0.15, -0.1) is 0 Å². The van der Waals surface area contributed by atoms with Gasteiger partial charge in [0, 0.05) is 17.7 Å². The summed E-state index contributed by atoms with van der Waals surface area (Å²) in [6.45, 7) is 11.6. The molecule has 3 unspecified atom stereocenters. The second kappa shape index (κ2) is 6.71. The summed E-state index contributed by atoms with van der Waals surface area (Å²) in [4.78, 5) is 5.19. The monoisotopic (exact) mass is 353 g/mol. The number of hydrogen-bond acceptors (Lipinski definition) is 2. The number of fused-ring (bicyclic) bond motifs is 1. The first-order valence-corrected chi connectivity index (χ1v) is 10.6. The SMILES string of the molecule is [2H]C1(C2CCCCC2)C=CC2[C@H](C)N(c3ccccc3C)C(C(C)(C)C)N21. The standard InChI is InChI=1S/C24H36N2/c1-17-11-9-10-14-20(17)25-18(2)21-15-16-22(19-12-7-6-8-13-19)26(21)23(25)24(3,4)5/h9-11,14-16,18-19,21-23H,6-8,12-13H2,1-5H3/t18-,21?,22?,23?/m0/s1/i22D. The Morgan fingerprint density at radius 1 is 1.04 bits per heavy atom. The first kappa shape index (κ1) is 16.9. The van der Waals surface area contributed by atoms with Gasteiger partial charge in [0.25, 0.3) is 0 Å². The summed E-state index contributed by atoms with van der Waals surface area (Å²) in [5, 5.41) is 0. The van der Waals surface area contributed by atoms with E-state index in [1.165, 1.54) is 43.4 Å². The molecular weight excluding hydrogens is 316 g/mol. The van der Waals surface area contributed by atoms with Crippen molar-refractivity contribution in [3.63, 3.8) is 0 Å². The van der Waals surface area contributed by atoms with Crippen molar-refractivity contribution < 1.29 is 1.37 Å². The lowest BCUT2D eigenvalue weighted by Crippen LogP contribution is -2.53. The van der Waals surface area contributed by atoms with Crippen LogP contribution in [0.5, 0.6) is 0 Å². The molecule has 2 fully saturated rings. The fourth-order valence-electron chi connectivity index (χ4n) is 5.55. The van der Waals surface area contributed by atoms with Crippen molar-refractivity contribution >= 4 is 5.69 Å². The lowest BCUT2D eigenvalue weighted by atomic mass is 9.82. The topological polar surface area (TPSA) is 6.48 Å². The molecule has 0 N–H and O–H groups in total. The maximum absolute atomic E-state index is 9.62. The van der Waals surface area contributed by atoms with Crippen molar-refractivity contribution in [2.24, 2.45) is 11.3 Å². The van der Waals surface area contributed by atoms with Gasteiger partial charge in [-0.2, -0.15) is 0 Å². The van der Waals surface area contributed by atoms with E-state index < -0.39 is 6.02 Å². The van der Waals surface area contributed by atoms with Crippen LogP contribution in [0.4, 0.5) is 5.69 Å². The number of aryl methyl sites for hydroxylation is 1. The van der Waals surface area contributed by atoms with Crippen LogP contribution in [0.25, 0.3) is 0 Å². The van der Waals surface area contributed by atoms with Crippen molar-refractivity contribution in [3.8, 4) is 0 Å². The molecule has 26 heavy (non-hydrogen) atoms. The van der Waals surface area contributed by atoms with Gasteiger partial charge in [0.1, 0.15) is 0 Å². The Kier molecular flexibility index (Phi) is 4.35. The van der Waals surface area contributed by atoms with E-state index in [-0.39, 0.29) is 11.6 Å². The number of para-hydroxylation sites is 1. The number of hydrogen-bond donors (Lipinski definition) is 0. The third kappa shape index (κ3) is 2.91. The molecule has 2 heterocycles. The Hall–Kier alpha value is -1.28. The van der Waals surface area contributed by atoms with Gasteiger partial charge in [-0.25, -0.2) is 0 Å². The molecule has 2 aliphatic heterocycles. The van der Waals surface area contributed by atoms with Crippen LogP contribution in [0, 0.1) is 18.3 Å². The van der Waals surface area contributed by atoms with Crippen LogP contribution in [0.1, 0.15) is 66.7 Å². The number of nitrogens with zero attached hydrogens (tertiary/aromatic N) is 2. The molecule has 2 nitrogen and oxygen atoms in total. The Morgan fingerprint density at radius 2 is 1.73 bits per heavy atom. The molecule has 0 amide bonds. The zero-order valence-electron chi connectivity index (χ0n) is 18.2. The summed E-state index contributed by atoms with van der Waals surface area (Å²) in [7, 11) is 0. The van der Waals surface area contributed by atoms with Crippen molar-refractivity contribution in [1.82, 2.24) is 4.90 Å². The highest BCUT2D eigenvalue weighted by atomic mass is 15.5. The summed E-state index contributed by atoms with van der Waals surface area (Å²) < 4.78 is 9.62. The molecule has 0 aromatic heterocycles. The van der Waals surface area contributed by atoms with Gasteiger partial charge in [-0.1, -0.05) is 70.4 Å². The van der Waals surface area contributed by atoms with E-state index in [4.69, 9.17) is 0 Å².